The normalized spacial score (nSPS) is 19.4. The third-order valence-corrected chi connectivity index (χ3v) is 7.99. The molecule has 2 aliphatic rings. The molecule has 1 aliphatic carbocycles. The zero-order chi connectivity index (χ0) is 29.0. The van der Waals surface area contributed by atoms with Gasteiger partial charge in [0, 0.05) is 31.5 Å². The van der Waals surface area contributed by atoms with Crippen LogP contribution in [0.2, 0.25) is 10.0 Å². The smallest absolute Gasteiger partial charge is 0.243 e. The fourth-order valence-corrected chi connectivity index (χ4v) is 5.60. The van der Waals surface area contributed by atoms with E-state index in [0.717, 1.165) is 5.56 Å². The maximum absolute atomic E-state index is 13.9. The highest BCUT2D eigenvalue weighted by atomic mass is 35.5. The number of nitrogens with one attached hydrogen (secondary N) is 1. The lowest BCUT2D eigenvalue weighted by Crippen LogP contribution is -2.54. The number of benzene rings is 2. The molecule has 2 aromatic carbocycles. The van der Waals surface area contributed by atoms with Crippen LogP contribution in [0.25, 0.3) is 0 Å². The summed E-state index contributed by atoms with van der Waals surface area (Å²) in [5, 5.41) is 3.75. The van der Waals surface area contributed by atoms with E-state index in [4.69, 9.17) is 23.2 Å². The first-order chi connectivity index (χ1) is 18.9. The molecular weight excluding hydrogens is 549 g/mol. The molecular formula is C31H35Cl2N3O4. The summed E-state index contributed by atoms with van der Waals surface area (Å²) in [6.07, 6.45) is 5.13. The Kier molecular flexibility index (Phi) is 9.37. The standard InChI is InChI=1S/C31H35Cl2N3O4/c1-31(2,3)34-28(38)26(18-20-9-5-4-6-10-20)36(19-21-13-14-24(32)25(33)17-21)27(37)15-16-35-29(39)22-11-7-8-12-23(22)30(35)40/h4-10,13-14,17,22-23,26H,11-12,15-16,18-19H2,1-3H3,(H,34,38)/t22-,23+,26?. The van der Waals surface area contributed by atoms with Crippen LogP contribution in [0, 0.1) is 11.8 Å². The molecule has 1 aliphatic heterocycles. The van der Waals surface area contributed by atoms with Crippen LogP contribution in [-0.2, 0) is 32.1 Å². The van der Waals surface area contributed by atoms with Crippen molar-refractivity contribution in [3.8, 4) is 0 Å². The molecule has 0 aromatic heterocycles. The Labute approximate surface area is 245 Å². The fraction of sp³-hybridized carbons (Fsp3) is 0.419. The first-order valence-electron chi connectivity index (χ1n) is 13.5. The molecule has 1 fully saturated rings. The van der Waals surface area contributed by atoms with Crippen LogP contribution in [0.4, 0.5) is 0 Å². The lowest BCUT2D eigenvalue weighted by molar-refractivity contribution is -0.144. The number of allylic oxidation sites excluding steroid dienone is 2. The minimum Gasteiger partial charge on any atom is -0.350 e. The average Bonchev–Trinajstić information content (AvgIpc) is 3.15. The summed E-state index contributed by atoms with van der Waals surface area (Å²) in [5.74, 6) is -1.81. The van der Waals surface area contributed by atoms with E-state index in [1.807, 2.05) is 63.3 Å². The molecule has 4 amide bonds. The lowest BCUT2D eigenvalue weighted by Gasteiger charge is -2.34. The van der Waals surface area contributed by atoms with Gasteiger partial charge in [0.1, 0.15) is 6.04 Å². The Morgan fingerprint density at radius 1 is 0.950 bits per heavy atom. The second-order valence-corrected chi connectivity index (χ2v) is 12.3. The minimum absolute atomic E-state index is 0.0275. The summed E-state index contributed by atoms with van der Waals surface area (Å²) in [6.45, 7) is 5.72. The predicted molar refractivity (Wildman–Crippen MR) is 156 cm³/mol. The average molecular weight is 585 g/mol. The van der Waals surface area contributed by atoms with Crippen molar-refractivity contribution in [1.29, 1.82) is 0 Å². The summed E-state index contributed by atoms with van der Waals surface area (Å²) in [5.41, 5.74) is 1.07. The van der Waals surface area contributed by atoms with Gasteiger partial charge in [-0.15, -0.1) is 0 Å². The van der Waals surface area contributed by atoms with Gasteiger partial charge in [-0.05, 0) is 56.9 Å². The highest BCUT2D eigenvalue weighted by Gasteiger charge is 2.47. The number of hydrogen-bond acceptors (Lipinski definition) is 4. The van der Waals surface area contributed by atoms with E-state index in [9.17, 15) is 19.2 Å². The third kappa shape index (κ3) is 7.12. The first kappa shape index (κ1) is 29.8. The van der Waals surface area contributed by atoms with Crippen LogP contribution in [0.5, 0.6) is 0 Å². The quantitative estimate of drug-likeness (QED) is 0.325. The largest absolute Gasteiger partial charge is 0.350 e. The summed E-state index contributed by atoms with van der Waals surface area (Å²) < 4.78 is 0. The van der Waals surface area contributed by atoms with Gasteiger partial charge < -0.3 is 10.2 Å². The van der Waals surface area contributed by atoms with Crippen LogP contribution in [0.3, 0.4) is 0 Å². The molecule has 1 saturated heterocycles. The molecule has 2 aromatic rings. The highest BCUT2D eigenvalue weighted by molar-refractivity contribution is 6.42. The van der Waals surface area contributed by atoms with E-state index >= 15 is 0 Å². The van der Waals surface area contributed by atoms with Crippen molar-refractivity contribution >= 4 is 46.8 Å². The Balaban J connectivity index is 1.62. The second kappa shape index (κ2) is 12.6. The number of likely N-dealkylation sites (tertiary alicyclic amines) is 1. The van der Waals surface area contributed by atoms with Gasteiger partial charge in [-0.1, -0.05) is 71.8 Å². The predicted octanol–water partition coefficient (Wildman–Crippen LogP) is 5.19. The molecule has 0 saturated carbocycles. The number of fused-ring (bicyclic) bond motifs is 1. The van der Waals surface area contributed by atoms with Crippen molar-refractivity contribution in [1.82, 2.24) is 15.1 Å². The van der Waals surface area contributed by atoms with Gasteiger partial charge in [-0.3, -0.25) is 24.1 Å². The molecule has 9 heteroatoms. The number of amides is 4. The van der Waals surface area contributed by atoms with Gasteiger partial charge in [0.05, 0.1) is 21.9 Å². The van der Waals surface area contributed by atoms with E-state index in [1.165, 1.54) is 9.80 Å². The number of carbonyl (C=O) groups is 4. The van der Waals surface area contributed by atoms with Crippen molar-refractivity contribution in [2.45, 2.75) is 64.6 Å². The van der Waals surface area contributed by atoms with E-state index in [1.54, 1.807) is 18.2 Å². The number of nitrogens with zero attached hydrogens (tertiary/aromatic N) is 2. The Morgan fingerprint density at radius 3 is 2.15 bits per heavy atom. The summed E-state index contributed by atoms with van der Waals surface area (Å²) in [7, 11) is 0. The molecule has 7 nitrogen and oxygen atoms in total. The van der Waals surface area contributed by atoms with Crippen molar-refractivity contribution in [3.05, 3.63) is 81.9 Å². The van der Waals surface area contributed by atoms with Gasteiger partial charge in [-0.25, -0.2) is 0 Å². The van der Waals surface area contributed by atoms with E-state index in [0.29, 0.717) is 28.5 Å². The summed E-state index contributed by atoms with van der Waals surface area (Å²) in [4.78, 5) is 56.3. The first-order valence-corrected chi connectivity index (χ1v) is 14.3. The zero-order valence-electron chi connectivity index (χ0n) is 23.0. The van der Waals surface area contributed by atoms with E-state index < -0.39 is 11.6 Å². The minimum atomic E-state index is -0.847. The third-order valence-electron chi connectivity index (χ3n) is 7.25. The maximum atomic E-state index is 13.9. The van der Waals surface area contributed by atoms with Gasteiger partial charge in [0.2, 0.25) is 23.6 Å². The molecule has 40 heavy (non-hydrogen) atoms. The molecule has 0 bridgehead atoms. The van der Waals surface area contributed by atoms with Crippen LogP contribution < -0.4 is 5.32 Å². The molecule has 3 atom stereocenters. The SMILES string of the molecule is CC(C)(C)NC(=O)C(Cc1ccccc1)N(Cc1ccc(Cl)c(Cl)c1)C(=O)CCN1C(=O)[C@H]2CC=CC[C@H]2C1=O. The number of imide groups is 1. The summed E-state index contributed by atoms with van der Waals surface area (Å²) in [6, 6.07) is 13.7. The lowest BCUT2D eigenvalue weighted by atomic mass is 9.85. The molecule has 1 unspecified atom stereocenters. The highest BCUT2D eigenvalue weighted by Crippen LogP contribution is 2.35. The fourth-order valence-electron chi connectivity index (χ4n) is 5.28. The monoisotopic (exact) mass is 583 g/mol. The van der Waals surface area contributed by atoms with Gasteiger partial charge in [-0.2, -0.15) is 0 Å². The topological polar surface area (TPSA) is 86.8 Å². The van der Waals surface area contributed by atoms with Crippen molar-refractivity contribution < 1.29 is 19.2 Å². The second-order valence-electron chi connectivity index (χ2n) is 11.4. The molecule has 1 N–H and O–H groups in total. The van der Waals surface area contributed by atoms with Crippen LogP contribution >= 0.6 is 23.2 Å². The van der Waals surface area contributed by atoms with Gasteiger partial charge in [0.25, 0.3) is 0 Å². The van der Waals surface area contributed by atoms with Gasteiger partial charge in [0.15, 0.2) is 0 Å². The van der Waals surface area contributed by atoms with Crippen molar-refractivity contribution in [3.63, 3.8) is 0 Å². The Morgan fingerprint density at radius 2 is 1.57 bits per heavy atom. The van der Waals surface area contributed by atoms with Crippen LogP contribution in [0.1, 0.15) is 51.2 Å². The van der Waals surface area contributed by atoms with Crippen LogP contribution in [-0.4, -0.2) is 51.6 Å². The van der Waals surface area contributed by atoms with Crippen molar-refractivity contribution in [2.75, 3.05) is 6.54 Å². The van der Waals surface area contributed by atoms with E-state index in [-0.39, 0.29) is 61.4 Å². The maximum Gasteiger partial charge on any atom is 0.243 e. The Hall–Kier alpha value is -3.16. The number of rotatable bonds is 9. The van der Waals surface area contributed by atoms with E-state index in [2.05, 4.69) is 5.32 Å². The molecule has 0 spiro atoms. The Bertz CT molecular complexity index is 1280. The molecule has 4 rings (SSSR count). The summed E-state index contributed by atoms with van der Waals surface area (Å²) >= 11 is 12.4. The molecule has 212 valence electrons. The number of halogens is 2. The zero-order valence-corrected chi connectivity index (χ0v) is 24.5. The number of carbonyl (C=O) groups excluding carboxylic acids is 4. The molecule has 1 heterocycles. The van der Waals surface area contributed by atoms with Crippen molar-refractivity contribution in [2.24, 2.45) is 11.8 Å². The number of hydrogen-bond donors (Lipinski definition) is 1. The molecule has 0 radical (unpaired) electrons. The van der Waals surface area contributed by atoms with Crippen LogP contribution in [0.15, 0.2) is 60.7 Å². The van der Waals surface area contributed by atoms with Gasteiger partial charge >= 0.3 is 0 Å².